The predicted octanol–water partition coefficient (Wildman–Crippen LogP) is 6.09. The van der Waals surface area contributed by atoms with Crippen LogP contribution < -0.4 is 35.6 Å². The standard InChI is InChI=1S/C51H63N9/c1-5-15-34(16-6-1)55-39-23-13-24-40-48(39)59(42-25-14-28-53-50(42)58(40)37-21-11-4-12-22-37)45-32-46-44(31-43(45)55)56(35-17-7-2-8-18-35)41-27-30-54-51-49(41)60(46)47-33-52-29-26-38(47)57(51)36-19-9-3-10-20-36/h1-12,15-22,38-54H,13-14,23-33H2. The van der Waals surface area contributed by atoms with Crippen LogP contribution in [0.4, 0.5) is 22.7 Å². The average Bonchev–Trinajstić information content (AvgIpc) is 3.32. The normalized spacial score (nSPS) is 39.7. The van der Waals surface area contributed by atoms with E-state index in [1.165, 1.54) is 80.5 Å². The zero-order valence-electron chi connectivity index (χ0n) is 35.0. The maximum absolute atomic E-state index is 4.22. The van der Waals surface area contributed by atoms with Crippen molar-refractivity contribution in [3.63, 3.8) is 0 Å². The van der Waals surface area contributed by atoms with E-state index >= 15 is 0 Å². The second-order valence-electron chi connectivity index (χ2n) is 19.6. The molecule has 4 aromatic rings. The van der Waals surface area contributed by atoms with E-state index in [-0.39, 0.29) is 6.17 Å². The highest BCUT2D eigenvalue weighted by Gasteiger charge is 2.66. The number of piperidine rings is 3. The summed E-state index contributed by atoms with van der Waals surface area (Å²) in [6.07, 6.45) is 11.7. The molecule has 0 amide bonds. The number of rotatable bonds is 4. The highest BCUT2D eigenvalue weighted by Crippen LogP contribution is 2.54. The molecule has 0 bridgehead atoms. The fraction of sp³-hybridized carbons (Fsp3) is 0.529. The summed E-state index contributed by atoms with van der Waals surface area (Å²) in [4.78, 5) is 18.3. The Morgan fingerprint density at radius 1 is 0.350 bits per heavy atom. The number of nitrogens with zero attached hydrogens (tertiary/aromatic N) is 6. The van der Waals surface area contributed by atoms with Gasteiger partial charge >= 0.3 is 0 Å². The molecule has 9 fully saturated rings. The van der Waals surface area contributed by atoms with E-state index in [9.17, 15) is 0 Å². The fourth-order valence-electron chi connectivity index (χ4n) is 15.4. The lowest BCUT2D eigenvalue weighted by Gasteiger charge is -2.73. The van der Waals surface area contributed by atoms with E-state index in [0.717, 1.165) is 26.2 Å². The number of nitrogens with one attached hydrogen (secondary N) is 3. The number of piperazine rings is 4. The number of fused-ring (bicyclic) bond motifs is 8. The minimum Gasteiger partial charge on any atom is -0.362 e. The van der Waals surface area contributed by atoms with Gasteiger partial charge in [0.05, 0.1) is 24.4 Å². The largest absolute Gasteiger partial charge is 0.362 e. The van der Waals surface area contributed by atoms with E-state index in [1.54, 1.807) is 0 Å². The SMILES string of the molecule is c1ccc(N2C3CC4C(CC3N3C5CCCNC5N(c5ccccc5)C5CCCC2C53)N2C3CNCCC3N(c3ccccc3)C3NCCC(C32)N4c2ccccc2)cc1. The van der Waals surface area contributed by atoms with Gasteiger partial charge in [0.2, 0.25) is 0 Å². The molecule has 13 rings (SSSR count). The molecular weight excluding hydrogens is 739 g/mol. The molecule has 4 aromatic carbocycles. The van der Waals surface area contributed by atoms with Gasteiger partial charge in [-0.2, -0.15) is 0 Å². The van der Waals surface area contributed by atoms with Crippen molar-refractivity contribution < 1.29 is 0 Å². The van der Waals surface area contributed by atoms with Crippen molar-refractivity contribution in [1.29, 1.82) is 0 Å². The smallest absolute Gasteiger partial charge is 0.0977 e. The first-order valence-corrected chi connectivity index (χ1v) is 23.9. The Kier molecular flexibility index (Phi) is 8.99. The molecule has 60 heavy (non-hydrogen) atoms. The highest BCUT2D eigenvalue weighted by molar-refractivity contribution is 5.58. The summed E-state index contributed by atoms with van der Waals surface area (Å²) in [7, 11) is 0. The minimum absolute atomic E-state index is 0.274. The third kappa shape index (κ3) is 5.48. The molecular formula is C51H63N9. The third-order valence-electron chi connectivity index (χ3n) is 17.1. The van der Waals surface area contributed by atoms with Gasteiger partial charge in [-0.1, -0.05) is 72.8 Å². The van der Waals surface area contributed by atoms with Gasteiger partial charge in [-0.05, 0) is 126 Å². The molecule has 9 aliphatic rings. The van der Waals surface area contributed by atoms with Gasteiger partial charge in [0.25, 0.3) is 0 Å². The first-order valence-electron chi connectivity index (χ1n) is 23.9. The summed E-state index contributed by atoms with van der Waals surface area (Å²) in [6, 6.07) is 52.0. The molecule has 312 valence electrons. The second kappa shape index (κ2) is 14.8. The van der Waals surface area contributed by atoms with Crippen LogP contribution in [0.15, 0.2) is 121 Å². The lowest BCUT2D eigenvalue weighted by atomic mass is 9.67. The van der Waals surface area contributed by atoms with Crippen molar-refractivity contribution in [1.82, 2.24) is 25.8 Å². The van der Waals surface area contributed by atoms with E-state index in [2.05, 4.69) is 167 Å². The average molecular weight is 802 g/mol. The zero-order valence-corrected chi connectivity index (χ0v) is 35.0. The fourth-order valence-corrected chi connectivity index (χ4v) is 15.4. The molecule has 9 nitrogen and oxygen atoms in total. The molecule has 7 aliphatic heterocycles. The lowest BCUT2D eigenvalue weighted by molar-refractivity contribution is -0.118. The summed E-state index contributed by atoms with van der Waals surface area (Å²) in [5.41, 5.74) is 5.67. The van der Waals surface area contributed by atoms with E-state index in [4.69, 9.17) is 0 Å². The molecule has 9 heteroatoms. The molecule has 2 saturated carbocycles. The minimum atomic E-state index is 0.274. The van der Waals surface area contributed by atoms with Crippen LogP contribution in [0.3, 0.4) is 0 Å². The molecule has 7 saturated heterocycles. The van der Waals surface area contributed by atoms with Crippen LogP contribution in [0.2, 0.25) is 0 Å². The van der Waals surface area contributed by atoms with Gasteiger partial charge in [0, 0.05) is 89.7 Å². The Morgan fingerprint density at radius 2 is 0.817 bits per heavy atom. The van der Waals surface area contributed by atoms with Crippen molar-refractivity contribution in [2.24, 2.45) is 0 Å². The maximum Gasteiger partial charge on any atom is 0.0977 e. The van der Waals surface area contributed by atoms with Gasteiger partial charge < -0.3 is 24.9 Å². The van der Waals surface area contributed by atoms with Crippen molar-refractivity contribution in [3.05, 3.63) is 121 Å². The van der Waals surface area contributed by atoms with Gasteiger partial charge in [-0.15, -0.1) is 0 Å². The van der Waals surface area contributed by atoms with Crippen LogP contribution in [0.5, 0.6) is 0 Å². The van der Waals surface area contributed by atoms with Crippen molar-refractivity contribution in [3.8, 4) is 0 Å². The van der Waals surface area contributed by atoms with Crippen LogP contribution in [0.1, 0.15) is 57.8 Å². The van der Waals surface area contributed by atoms with Crippen LogP contribution in [-0.2, 0) is 0 Å². The lowest BCUT2D eigenvalue weighted by Crippen LogP contribution is -2.89. The van der Waals surface area contributed by atoms with Crippen LogP contribution in [0, 0.1) is 0 Å². The quantitative estimate of drug-likeness (QED) is 0.228. The Hall–Kier alpha value is -4.12. The molecule has 0 radical (unpaired) electrons. The molecule has 0 aromatic heterocycles. The van der Waals surface area contributed by atoms with Crippen LogP contribution in [0.25, 0.3) is 0 Å². The summed E-state index contributed by atoms with van der Waals surface area (Å²) in [6.45, 7) is 4.32. The number of anilines is 4. The predicted molar refractivity (Wildman–Crippen MR) is 243 cm³/mol. The van der Waals surface area contributed by atoms with Crippen molar-refractivity contribution in [2.45, 2.75) is 143 Å². The highest BCUT2D eigenvalue weighted by atomic mass is 15.5. The Balaban J connectivity index is 0.980. The molecule has 14 unspecified atom stereocenters. The number of hydrogen-bond acceptors (Lipinski definition) is 9. The topological polar surface area (TPSA) is 55.5 Å². The first kappa shape index (κ1) is 36.5. The van der Waals surface area contributed by atoms with Gasteiger partial charge in [0.1, 0.15) is 0 Å². The summed E-state index contributed by atoms with van der Waals surface area (Å²) in [5.74, 6) is 0. The molecule has 7 heterocycles. The zero-order chi connectivity index (χ0) is 39.3. The number of hydrogen-bond donors (Lipinski definition) is 3. The summed E-state index contributed by atoms with van der Waals surface area (Å²) in [5, 5.41) is 12.4. The van der Waals surface area contributed by atoms with E-state index in [1.807, 2.05) is 0 Å². The number of benzene rings is 4. The van der Waals surface area contributed by atoms with Gasteiger partial charge in [-0.25, -0.2) is 0 Å². The first-order chi connectivity index (χ1) is 29.8. The van der Waals surface area contributed by atoms with Crippen LogP contribution >= 0.6 is 0 Å². The summed E-state index contributed by atoms with van der Waals surface area (Å²) < 4.78 is 0. The Bertz CT molecular complexity index is 1960. The Morgan fingerprint density at radius 3 is 1.43 bits per heavy atom. The molecule has 0 spiro atoms. The maximum atomic E-state index is 4.22. The molecule has 3 N–H and O–H groups in total. The van der Waals surface area contributed by atoms with Gasteiger partial charge in [-0.3, -0.25) is 20.4 Å². The van der Waals surface area contributed by atoms with Crippen molar-refractivity contribution in [2.75, 3.05) is 45.8 Å². The number of para-hydroxylation sites is 4. The van der Waals surface area contributed by atoms with Crippen LogP contribution in [-0.4, -0.2) is 121 Å². The van der Waals surface area contributed by atoms with E-state index in [0.29, 0.717) is 78.7 Å². The summed E-state index contributed by atoms with van der Waals surface area (Å²) >= 11 is 0. The molecule has 14 atom stereocenters. The van der Waals surface area contributed by atoms with Crippen molar-refractivity contribution >= 4 is 22.7 Å². The van der Waals surface area contributed by atoms with Gasteiger partial charge in [0.15, 0.2) is 0 Å². The van der Waals surface area contributed by atoms with E-state index < -0.39 is 0 Å². The molecule has 2 aliphatic carbocycles. The third-order valence-corrected chi connectivity index (χ3v) is 17.1. The monoisotopic (exact) mass is 802 g/mol. The Labute approximate surface area is 357 Å². The second-order valence-corrected chi connectivity index (χ2v) is 19.6.